The number of hydrogen-bond donors (Lipinski definition) is 2. The van der Waals surface area contributed by atoms with Crippen molar-refractivity contribution in [3.8, 4) is 0 Å². The van der Waals surface area contributed by atoms with Gasteiger partial charge in [0.15, 0.2) is 5.96 Å². The van der Waals surface area contributed by atoms with Crippen LogP contribution in [0.25, 0.3) is 0 Å². The Balaban J connectivity index is 1.67. The number of benzene rings is 1. The Bertz CT molecular complexity index is 494. The number of rotatable bonds is 8. The van der Waals surface area contributed by atoms with Gasteiger partial charge in [-0.25, -0.2) is 0 Å². The quantitative estimate of drug-likeness (QED) is 0.561. The Hall–Kier alpha value is -1.75. The molecule has 2 N–H and O–H groups in total. The maximum absolute atomic E-state index is 4.38. The summed E-state index contributed by atoms with van der Waals surface area (Å²) in [4.78, 5) is 9.23. The highest BCUT2D eigenvalue weighted by molar-refractivity contribution is 5.80. The zero-order valence-corrected chi connectivity index (χ0v) is 16.2. The fourth-order valence-corrected chi connectivity index (χ4v) is 3.21. The van der Waals surface area contributed by atoms with Crippen molar-refractivity contribution in [3.05, 3.63) is 30.3 Å². The molecule has 0 saturated carbocycles. The minimum absolute atomic E-state index is 0.504. The zero-order valence-electron chi connectivity index (χ0n) is 16.2. The Morgan fingerprint density at radius 3 is 2.56 bits per heavy atom. The molecule has 1 aromatic carbocycles. The van der Waals surface area contributed by atoms with Gasteiger partial charge in [-0.15, -0.1) is 0 Å². The highest BCUT2D eigenvalue weighted by atomic mass is 15.2. The Morgan fingerprint density at radius 1 is 1.20 bits per heavy atom. The van der Waals surface area contributed by atoms with Gasteiger partial charge >= 0.3 is 0 Å². The van der Waals surface area contributed by atoms with Gasteiger partial charge in [0.1, 0.15) is 0 Å². The number of nitrogens with zero attached hydrogens (tertiary/aromatic N) is 3. The van der Waals surface area contributed by atoms with Crippen LogP contribution in [0.1, 0.15) is 32.6 Å². The van der Waals surface area contributed by atoms with Gasteiger partial charge < -0.3 is 20.4 Å². The third kappa shape index (κ3) is 6.94. The second kappa shape index (κ2) is 11.0. The van der Waals surface area contributed by atoms with Crippen molar-refractivity contribution in [2.45, 2.75) is 38.6 Å². The molecule has 25 heavy (non-hydrogen) atoms. The lowest BCUT2D eigenvalue weighted by Crippen LogP contribution is -2.49. The lowest BCUT2D eigenvalue weighted by Gasteiger charge is -2.34. The summed E-state index contributed by atoms with van der Waals surface area (Å²) < 4.78 is 0. The Labute approximate surface area is 153 Å². The summed E-state index contributed by atoms with van der Waals surface area (Å²) in [5, 5.41) is 7.04. The average molecular weight is 346 g/mol. The van der Waals surface area contributed by atoms with Crippen LogP contribution in [0, 0.1) is 0 Å². The number of aliphatic imine (C=N–C) groups is 1. The summed E-state index contributed by atoms with van der Waals surface area (Å²) in [7, 11) is 4.04. The molecular formula is C20H35N5. The lowest BCUT2D eigenvalue weighted by molar-refractivity contribution is 0.331. The number of anilines is 1. The summed E-state index contributed by atoms with van der Waals surface area (Å²) in [5.74, 6) is 0.932. The molecule has 1 aromatic rings. The Morgan fingerprint density at radius 2 is 1.92 bits per heavy atom. The molecule has 0 radical (unpaired) electrons. The first-order chi connectivity index (χ1) is 12.2. The van der Waals surface area contributed by atoms with E-state index >= 15 is 0 Å². The van der Waals surface area contributed by atoms with Crippen LogP contribution in [0.3, 0.4) is 0 Å². The van der Waals surface area contributed by atoms with Crippen LogP contribution in [-0.4, -0.2) is 63.7 Å². The predicted octanol–water partition coefficient (Wildman–Crippen LogP) is 2.55. The third-order valence-corrected chi connectivity index (χ3v) is 4.86. The first-order valence-electron chi connectivity index (χ1n) is 9.68. The number of hydrogen-bond acceptors (Lipinski definition) is 3. The maximum atomic E-state index is 4.38. The molecule has 1 heterocycles. The van der Waals surface area contributed by atoms with Crippen LogP contribution < -0.4 is 15.5 Å². The van der Waals surface area contributed by atoms with Crippen molar-refractivity contribution in [1.29, 1.82) is 0 Å². The molecule has 0 aromatic heterocycles. The average Bonchev–Trinajstić information content (AvgIpc) is 2.66. The topological polar surface area (TPSA) is 42.9 Å². The highest BCUT2D eigenvalue weighted by Crippen LogP contribution is 2.19. The SMILES string of the molecule is CCCCN(C)CCNC(=NC)NC1CCN(c2ccccc2)CC1. The number of likely N-dealkylation sites (N-methyl/N-ethyl adjacent to an activating group) is 1. The van der Waals surface area contributed by atoms with E-state index in [-0.39, 0.29) is 0 Å². The fraction of sp³-hybridized carbons (Fsp3) is 0.650. The Kier molecular flexibility index (Phi) is 8.60. The summed E-state index contributed by atoms with van der Waals surface area (Å²) in [6.07, 6.45) is 4.81. The van der Waals surface area contributed by atoms with Crippen molar-refractivity contribution in [1.82, 2.24) is 15.5 Å². The van der Waals surface area contributed by atoms with Crippen LogP contribution in [0.15, 0.2) is 35.3 Å². The number of para-hydroxylation sites is 1. The van der Waals surface area contributed by atoms with E-state index in [1.807, 2.05) is 7.05 Å². The van der Waals surface area contributed by atoms with Crippen molar-refractivity contribution >= 4 is 11.6 Å². The summed E-state index contributed by atoms with van der Waals surface area (Å²) in [6, 6.07) is 11.2. The largest absolute Gasteiger partial charge is 0.371 e. The lowest BCUT2D eigenvalue weighted by atomic mass is 10.0. The molecule has 0 unspecified atom stereocenters. The molecule has 5 nitrogen and oxygen atoms in total. The van der Waals surface area contributed by atoms with Gasteiger partial charge in [0.25, 0.3) is 0 Å². The van der Waals surface area contributed by atoms with E-state index in [0.29, 0.717) is 6.04 Å². The number of piperidine rings is 1. The molecule has 1 aliphatic rings. The van der Waals surface area contributed by atoms with E-state index in [2.05, 4.69) is 69.7 Å². The molecule has 0 amide bonds. The van der Waals surface area contributed by atoms with Gasteiger partial charge in [0.05, 0.1) is 0 Å². The van der Waals surface area contributed by atoms with Crippen molar-refractivity contribution in [2.24, 2.45) is 4.99 Å². The van der Waals surface area contributed by atoms with E-state index < -0.39 is 0 Å². The van der Waals surface area contributed by atoms with Crippen LogP contribution in [0.5, 0.6) is 0 Å². The molecule has 0 spiro atoms. The molecule has 0 atom stereocenters. The first kappa shape index (κ1) is 19.6. The standard InChI is InChI=1S/C20H35N5/c1-4-5-14-24(3)17-13-22-20(21-2)23-18-11-15-25(16-12-18)19-9-7-6-8-10-19/h6-10,18H,4-5,11-17H2,1-3H3,(H2,21,22,23). The molecule has 0 bridgehead atoms. The number of nitrogens with one attached hydrogen (secondary N) is 2. The first-order valence-corrected chi connectivity index (χ1v) is 9.68. The third-order valence-electron chi connectivity index (χ3n) is 4.86. The van der Waals surface area contributed by atoms with Crippen molar-refractivity contribution in [2.75, 3.05) is 51.7 Å². The highest BCUT2D eigenvalue weighted by Gasteiger charge is 2.20. The van der Waals surface area contributed by atoms with Gasteiger partial charge in [-0.1, -0.05) is 31.5 Å². The van der Waals surface area contributed by atoms with Crippen molar-refractivity contribution in [3.63, 3.8) is 0 Å². The molecule has 2 rings (SSSR count). The maximum Gasteiger partial charge on any atom is 0.191 e. The molecule has 1 aliphatic heterocycles. The second-order valence-corrected chi connectivity index (χ2v) is 6.90. The molecule has 140 valence electrons. The van der Waals surface area contributed by atoms with Crippen LogP contribution in [0.4, 0.5) is 5.69 Å². The normalized spacial score (nSPS) is 16.3. The fourth-order valence-electron chi connectivity index (χ4n) is 3.21. The summed E-state index contributed by atoms with van der Waals surface area (Å²) in [5.41, 5.74) is 1.33. The van der Waals surface area contributed by atoms with Crippen LogP contribution in [0.2, 0.25) is 0 Å². The molecule has 1 fully saturated rings. The van der Waals surface area contributed by atoms with Gasteiger partial charge in [-0.2, -0.15) is 0 Å². The van der Waals surface area contributed by atoms with Gasteiger partial charge in [-0.05, 0) is 45.0 Å². The minimum atomic E-state index is 0.504. The second-order valence-electron chi connectivity index (χ2n) is 6.90. The van der Waals surface area contributed by atoms with E-state index in [1.54, 1.807) is 0 Å². The smallest absolute Gasteiger partial charge is 0.191 e. The van der Waals surface area contributed by atoms with Gasteiger partial charge in [0, 0.05) is 45.0 Å². The predicted molar refractivity (Wildman–Crippen MR) is 109 cm³/mol. The summed E-state index contributed by atoms with van der Waals surface area (Å²) in [6.45, 7) is 7.58. The van der Waals surface area contributed by atoms with Gasteiger partial charge in [0.2, 0.25) is 0 Å². The van der Waals surface area contributed by atoms with E-state index in [4.69, 9.17) is 0 Å². The monoisotopic (exact) mass is 345 g/mol. The number of unbranched alkanes of at least 4 members (excludes halogenated alkanes) is 1. The molecule has 5 heteroatoms. The minimum Gasteiger partial charge on any atom is -0.371 e. The molecule has 1 saturated heterocycles. The number of guanidine groups is 1. The van der Waals surface area contributed by atoms with E-state index in [0.717, 1.165) is 45.0 Å². The van der Waals surface area contributed by atoms with Crippen LogP contribution in [-0.2, 0) is 0 Å². The van der Waals surface area contributed by atoms with Gasteiger partial charge in [-0.3, -0.25) is 4.99 Å². The van der Waals surface area contributed by atoms with E-state index in [1.165, 1.54) is 25.1 Å². The van der Waals surface area contributed by atoms with E-state index in [9.17, 15) is 0 Å². The molecule has 0 aliphatic carbocycles. The molecular weight excluding hydrogens is 310 g/mol. The van der Waals surface area contributed by atoms with Crippen molar-refractivity contribution < 1.29 is 0 Å². The summed E-state index contributed by atoms with van der Waals surface area (Å²) >= 11 is 0. The van der Waals surface area contributed by atoms with Crippen LogP contribution >= 0.6 is 0 Å². The zero-order chi connectivity index (χ0) is 17.9.